The van der Waals surface area contributed by atoms with E-state index in [2.05, 4.69) is 63.8 Å². The molecule has 3 nitrogen and oxygen atoms in total. The molecular weight excluding hydrogens is 468 g/mol. The number of halogens is 2. The van der Waals surface area contributed by atoms with E-state index in [-0.39, 0.29) is 5.25 Å². The van der Waals surface area contributed by atoms with Crippen LogP contribution in [0.4, 0.5) is 0 Å². The number of fused-ring (bicyclic) bond motifs is 1. The number of hydrogen-bond acceptors (Lipinski definition) is 3. The summed E-state index contributed by atoms with van der Waals surface area (Å²) >= 11 is 11.5. The zero-order valence-electron chi connectivity index (χ0n) is 16.1. The Morgan fingerprint density at radius 3 is 2.48 bits per heavy atom. The number of nitrogens with zero attached hydrogens (tertiary/aromatic N) is 2. The Kier molecular flexibility index (Phi) is 6.18. The Balaban J connectivity index is 1.76. The molecule has 3 aromatic carbocycles. The van der Waals surface area contributed by atoms with Crippen molar-refractivity contribution in [3.8, 4) is 11.4 Å². The second-order valence-electron chi connectivity index (χ2n) is 6.60. The highest BCUT2D eigenvalue weighted by molar-refractivity contribution is 9.10. The molecule has 4 rings (SSSR count). The highest BCUT2D eigenvalue weighted by Crippen LogP contribution is 2.38. The van der Waals surface area contributed by atoms with E-state index in [0.717, 1.165) is 32.1 Å². The molecule has 0 N–H and O–H groups in total. The summed E-state index contributed by atoms with van der Waals surface area (Å²) in [4.78, 5) is 4.90. The van der Waals surface area contributed by atoms with Crippen LogP contribution in [0.2, 0.25) is 5.02 Å². The molecule has 0 spiro atoms. The number of rotatable bonds is 6. The maximum Gasteiger partial charge on any atom is 0.174 e. The van der Waals surface area contributed by atoms with Gasteiger partial charge < -0.3 is 4.74 Å². The van der Waals surface area contributed by atoms with Gasteiger partial charge in [-0.2, -0.15) is 0 Å². The molecule has 1 heterocycles. The fourth-order valence-corrected chi connectivity index (χ4v) is 4.67. The summed E-state index contributed by atoms with van der Waals surface area (Å²) in [6, 6.07) is 22.3. The number of aromatic nitrogens is 2. The summed E-state index contributed by atoms with van der Waals surface area (Å²) in [6.45, 7) is 4.83. The molecule has 1 unspecified atom stereocenters. The Bertz CT molecular complexity index is 1130. The first-order valence-electron chi connectivity index (χ1n) is 9.38. The summed E-state index contributed by atoms with van der Waals surface area (Å²) in [5.41, 5.74) is 4.20. The van der Waals surface area contributed by atoms with Crippen LogP contribution in [-0.4, -0.2) is 16.2 Å². The lowest BCUT2D eigenvalue weighted by Gasteiger charge is -2.14. The van der Waals surface area contributed by atoms with Gasteiger partial charge in [-0.05, 0) is 74.0 Å². The van der Waals surface area contributed by atoms with Crippen LogP contribution in [0.3, 0.4) is 0 Å². The van der Waals surface area contributed by atoms with Crippen molar-refractivity contribution in [2.45, 2.75) is 24.3 Å². The van der Waals surface area contributed by atoms with E-state index in [4.69, 9.17) is 21.3 Å². The number of ether oxygens (including phenoxy) is 1. The topological polar surface area (TPSA) is 27.1 Å². The van der Waals surface area contributed by atoms with Gasteiger partial charge in [-0.25, -0.2) is 4.98 Å². The van der Waals surface area contributed by atoms with Gasteiger partial charge in [0.25, 0.3) is 0 Å². The SMILES string of the molecule is CCOc1ccc(-n2c(SC(C)c3ccc(Br)cc3)nc3ccc(Cl)cc32)cc1. The molecule has 4 aromatic rings. The van der Waals surface area contributed by atoms with Crippen LogP contribution in [0.15, 0.2) is 76.4 Å². The Hall–Kier alpha value is -1.95. The number of hydrogen-bond donors (Lipinski definition) is 0. The minimum atomic E-state index is 0.247. The Morgan fingerprint density at radius 2 is 1.79 bits per heavy atom. The molecule has 0 radical (unpaired) electrons. The summed E-state index contributed by atoms with van der Waals surface area (Å²) in [5, 5.41) is 1.88. The summed E-state index contributed by atoms with van der Waals surface area (Å²) in [7, 11) is 0. The van der Waals surface area contributed by atoms with E-state index < -0.39 is 0 Å². The van der Waals surface area contributed by atoms with E-state index in [1.54, 1.807) is 11.8 Å². The maximum atomic E-state index is 6.30. The molecule has 0 saturated carbocycles. The van der Waals surface area contributed by atoms with Gasteiger partial charge >= 0.3 is 0 Å². The molecule has 0 amide bonds. The van der Waals surface area contributed by atoms with Crippen molar-refractivity contribution in [2.24, 2.45) is 0 Å². The number of imidazole rings is 1. The van der Waals surface area contributed by atoms with E-state index >= 15 is 0 Å². The van der Waals surface area contributed by atoms with Gasteiger partial charge in [0.2, 0.25) is 0 Å². The van der Waals surface area contributed by atoms with Crippen LogP contribution in [0, 0.1) is 0 Å². The predicted molar refractivity (Wildman–Crippen MR) is 126 cm³/mol. The van der Waals surface area contributed by atoms with Crippen LogP contribution >= 0.6 is 39.3 Å². The van der Waals surface area contributed by atoms with Crippen molar-refractivity contribution >= 4 is 50.3 Å². The molecule has 29 heavy (non-hydrogen) atoms. The van der Waals surface area contributed by atoms with Gasteiger partial charge in [0.05, 0.1) is 17.6 Å². The van der Waals surface area contributed by atoms with Crippen molar-refractivity contribution in [3.05, 3.63) is 81.8 Å². The van der Waals surface area contributed by atoms with Crippen LogP contribution in [0.5, 0.6) is 5.75 Å². The highest BCUT2D eigenvalue weighted by atomic mass is 79.9. The molecule has 0 aliphatic rings. The molecule has 6 heteroatoms. The van der Waals surface area contributed by atoms with Crippen molar-refractivity contribution in [2.75, 3.05) is 6.61 Å². The zero-order valence-corrected chi connectivity index (χ0v) is 19.3. The predicted octanol–water partition coefficient (Wildman–Crippen LogP) is 7.69. The van der Waals surface area contributed by atoms with Crippen LogP contribution in [-0.2, 0) is 0 Å². The smallest absolute Gasteiger partial charge is 0.174 e. The van der Waals surface area contributed by atoms with E-state index in [0.29, 0.717) is 11.6 Å². The minimum absolute atomic E-state index is 0.247. The lowest BCUT2D eigenvalue weighted by molar-refractivity contribution is 0.340. The molecule has 0 saturated heterocycles. The van der Waals surface area contributed by atoms with Gasteiger partial charge in [-0.1, -0.05) is 51.4 Å². The second-order valence-corrected chi connectivity index (χ2v) is 9.26. The second kappa shape index (κ2) is 8.82. The van der Waals surface area contributed by atoms with Crippen molar-refractivity contribution in [1.29, 1.82) is 0 Å². The standard InChI is InChI=1S/C23H20BrClN2OS/c1-3-28-20-11-9-19(10-12-20)27-22-14-18(25)8-13-21(22)26-23(27)29-15(2)16-4-6-17(24)7-5-16/h4-15H,3H2,1-2H3. The number of benzene rings is 3. The lowest BCUT2D eigenvalue weighted by Crippen LogP contribution is -1.99. The summed E-state index contributed by atoms with van der Waals surface area (Å²) < 4.78 is 8.83. The maximum absolute atomic E-state index is 6.30. The first-order valence-corrected chi connectivity index (χ1v) is 11.4. The molecule has 0 aliphatic carbocycles. The first kappa shape index (κ1) is 20.3. The fourth-order valence-electron chi connectivity index (χ4n) is 3.17. The van der Waals surface area contributed by atoms with Crippen LogP contribution < -0.4 is 4.74 Å². The third-order valence-corrected chi connectivity index (χ3v) is 6.49. The van der Waals surface area contributed by atoms with Gasteiger partial charge in [-0.3, -0.25) is 4.57 Å². The van der Waals surface area contributed by atoms with Gasteiger partial charge in [0.1, 0.15) is 5.75 Å². The summed E-state index contributed by atoms with van der Waals surface area (Å²) in [6.07, 6.45) is 0. The van der Waals surface area contributed by atoms with Crippen molar-refractivity contribution in [3.63, 3.8) is 0 Å². The van der Waals surface area contributed by atoms with E-state index in [1.165, 1.54) is 5.56 Å². The molecule has 148 valence electrons. The largest absolute Gasteiger partial charge is 0.494 e. The molecule has 1 aromatic heterocycles. The molecule has 1 atom stereocenters. The van der Waals surface area contributed by atoms with Gasteiger partial charge in [-0.15, -0.1) is 0 Å². The van der Waals surface area contributed by atoms with Crippen molar-refractivity contribution < 1.29 is 4.74 Å². The van der Waals surface area contributed by atoms with E-state index in [1.807, 2.05) is 37.3 Å². The minimum Gasteiger partial charge on any atom is -0.494 e. The van der Waals surface area contributed by atoms with Crippen molar-refractivity contribution in [1.82, 2.24) is 9.55 Å². The molecular formula is C23H20BrClN2OS. The third-order valence-electron chi connectivity index (χ3n) is 4.61. The monoisotopic (exact) mass is 486 g/mol. The normalized spacial score (nSPS) is 12.3. The summed E-state index contributed by atoms with van der Waals surface area (Å²) in [5.74, 6) is 0.858. The fraction of sp³-hybridized carbons (Fsp3) is 0.174. The Morgan fingerprint density at radius 1 is 1.07 bits per heavy atom. The molecule has 0 aliphatic heterocycles. The first-order chi connectivity index (χ1) is 14.0. The Labute approximate surface area is 188 Å². The highest BCUT2D eigenvalue weighted by Gasteiger charge is 2.17. The molecule has 0 fully saturated rings. The van der Waals surface area contributed by atoms with Gasteiger partial charge in [0, 0.05) is 20.4 Å². The zero-order chi connectivity index (χ0) is 20.4. The number of thioether (sulfide) groups is 1. The van der Waals surface area contributed by atoms with Crippen LogP contribution in [0.25, 0.3) is 16.7 Å². The quantitative estimate of drug-likeness (QED) is 0.261. The average molecular weight is 488 g/mol. The molecule has 0 bridgehead atoms. The lowest BCUT2D eigenvalue weighted by atomic mass is 10.2. The van der Waals surface area contributed by atoms with Crippen LogP contribution in [0.1, 0.15) is 24.7 Å². The van der Waals surface area contributed by atoms with E-state index in [9.17, 15) is 0 Å². The average Bonchev–Trinajstić information content (AvgIpc) is 3.06. The van der Waals surface area contributed by atoms with Gasteiger partial charge in [0.15, 0.2) is 5.16 Å². The third kappa shape index (κ3) is 4.47.